The molecule has 5 heteroatoms. The largest absolute Gasteiger partial charge is 0.484 e. The molecule has 0 bridgehead atoms. The van der Waals surface area contributed by atoms with Gasteiger partial charge in [-0.05, 0) is 39.2 Å². The van der Waals surface area contributed by atoms with E-state index < -0.39 is 0 Å². The molecule has 0 atom stereocenters. The predicted molar refractivity (Wildman–Crippen MR) is 72.5 cm³/mol. The van der Waals surface area contributed by atoms with Crippen molar-refractivity contribution in [2.45, 2.75) is 6.42 Å². The van der Waals surface area contributed by atoms with Crippen LogP contribution in [0.3, 0.4) is 0 Å². The fourth-order valence-corrected chi connectivity index (χ4v) is 1.43. The maximum absolute atomic E-state index is 11.5. The number of anilines is 1. The number of benzene rings is 1. The maximum atomic E-state index is 11.5. The average molecular weight is 251 g/mol. The lowest BCUT2D eigenvalue weighted by Gasteiger charge is -2.10. The fraction of sp³-hybridized carbons (Fsp3) is 0.462. The van der Waals surface area contributed by atoms with Crippen LogP contribution in [0.5, 0.6) is 5.75 Å². The van der Waals surface area contributed by atoms with E-state index in [0.29, 0.717) is 18.0 Å². The molecule has 0 spiro atoms. The highest BCUT2D eigenvalue weighted by atomic mass is 16.5. The van der Waals surface area contributed by atoms with Crippen molar-refractivity contribution in [1.82, 2.24) is 10.2 Å². The minimum atomic E-state index is -0.115. The van der Waals surface area contributed by atoms with Crippen LogP contribution in [0.25, 0.3) is 0 Å². The molecule has 0 fully saturated rings. The summed E-state index contributed by atoms with van der Waals surface area (Å²) in [4.78, 5) is 13.5. The van der Waals surface area contributed by atoms with Crippen LogP contribution in [0.1, 0.15) is 6.42 Å². The molecule has 1 aromatic carbocycles. The first-order valence-corrected chi connectivity index (χ1v) is 5.97. The van der Waals surface area contributed by atoms with Crippen LogP contribution in [0.4, 0.5) is 5.69 Å². The molecule has 0 unspecified atom stereocenters. The Bertz CT molecular complexity index is 380. The Balaban J connectivity index is 2.17. The molecule has 1 aromatic rings. The zero-order valence-electron chi connectivity index (χ0n) is 11.0. The van der Waals surface area contributed by atoms with Gasteiger partial charge in [0.2, 0.25) is 0 Å². The Morgan fingerprint density at radius 3 is 2.89 bits per heavy atom. The van der Waals surface area contributed by atoms with Crippen molar-refractivity contribution >= 4 is 11.6 Å². The van der Waals surface area contributed by atoms with E-state index in [1.54, 1.807) is 24.3 Å². The van der Waals surface area contributed by atoms with Crippen molar-refractivity contribution in [3.05, 3.63) is 24.3 Å². The smallest absolute Gasteiger partial charge is 0.257 e. The first kappa shape index (κ1) is 14.3. The summed E-state index contributed by atoms with van der Waals surface area (Å²) >= 11 is 0. The van der Waals surface area contributed by atoms with E-state index in [1.807, 2.05) is 14.1 Å². The topological polar surface area (TPSA) is 67.6 Å². The van der Waals surface area contributed by atoms with Crippen molar-refractivity contribution in [1.29, 1.82) is 0 Å². The van der Waals surface area contributed by atoms with Crippen LogP contribution in [0.15, 0.2) is 24.3 Å². The molecule has 3 N–H and O–H groups in total. The Morgan fingerprint density at radius 2 is 2.22 bits per heavy atom. The van der Waals surface area contributed by atoms with Crippen LogP contribution < -0.4 is 15.8 Å². The number of rotatable bonds is 7. The molecule has 0 aliphatic carbocycles. The zero-order valence-corrected chi connectivity index (χ0v) is 11.0. The first-order valence-electron chi connectivity index (χ1n) is 5.97. The van der Waals surface area contributed by atoms with Gasteiger partial charge in [0.1, 0.15) is 5.75 Å². The van der Waals surface area contributed by atoms with Gasteiger partial charge in [-0.2, -0.15) is 0 Å². The Labute approximate surface area is 108 Å². The summed E-state index contributed by atoms with van der Waals surface area (Å²) in [5.74, 6) is 0.495. The number of nitrogens with zero attached hydrogens (tertiary/aromatic N) is 1. The van der Waals surface area contributed by atoms with Gasteiger partial charge < -0.3 is 20.7 Å². The summed E-state index contributed by atoms with van der Waals surface area (Å²) < 4.78 is 5.32. The second kappa shape index (κ2) is 7.55. The summed E-state index contributed by atoms with van der Waals surface area (Å²) in [6, 6.07) is 7.03. The van der Waals surface area contributed by atoms with Crippen LogP contribution >= 0.6 is 0 Å². The molecule has 100 valence electrons. The van der Waals surface area contributed by atoms with E-state index in [0.717, 1.165) is 13.0 Å². The zero-order chi connectivity index (χ0) is 13.4. The molecule has 0 aliphatic heterocycles. The molecule has 18 heavy (non-hydrogen) atoms. The number of carbonyl (C=O) groups is 1. The van der Waals surface area contributed by atoms with E-state index in [1.165, 1.54) is 0 Å². The second-order valence-corrected chi connectivity index (χ2v) is 4.37. The number of nitrogens with two attached hydrogens (primary N) is 1. The highest BCUT2D eigenvalue weighted by molar-refractivity contribution is 5.77. The summed E-state index contributed by atoms with van der Waals surface area (Å²) in [6.07, 6.45) is 0.928. The minimum absolute atomic E-state index is 0.0193. The highest BCUT2D eigenvalue weighted by Crippen LogP contribution is 2.13. The number of ether oxygens (including phenoxy) is 1. The lowest BCUT2D eigenvalue weighted by atomic mass is 10.3. The molecular weight excluding hydrogens is 230 g/mol. The standard InChI is InChI=1S/C13H21N3O2/c1-16(2)8-4-7-15-13(17)10-18-12-6-3-5-11(14)9-12/h3,5-6,9H,4,7-8,10,14H2,1-2H3,(H,15,17). The van der Waals surface area contributed by atoms with Crippen LogP contribution in [-0.4, -0.2) is 44.6 Å². The van der Waals surface area contributed by atoms with E-state index in [2.05, 4.69) is 10.2 Å². The molecule has 0 aliphatic rings. The Hall–Kier alpha value is -1.75. The van der Waals surface area contributed by atoms with E-state index in [4.69, 9.17) is 10.5 Å². The third-order valence-electron chi connectivity index (χ3n) is 2.33. The first-order chi connectivity index (χ1) is 8.58. The van der Waals surface area contributed by atoms with Gasteiger partial charge in [0.15, 0.2) is 6.61 Å². The average Bonchev–Trinajstić information content (AvgIpc) is 2.32. The van der Waals surface area contributed by atoms with Gasteiger partial charge in [0.05, 0.1) is 0 Å². The second-order valence-electron chi connectivity index (χ2n) is 4.37. The number of hydrogen-bond acceptors (Lipinski definition) is 4. The summed E-state index contributed by atoms with van der Waals surface area (Å²) in [5.41, 5.74) is 6.23. The van der Waals surface area contributed by atoms with Gasteiger partial charge in [-0.1, -0.05) is 6.07 Å². The van der Waals surface area contributed by atoms with Gasteiger partial charge in [-0.15, -0.1) is 0 Å². The van der Waals surface area contributed by atoms with Crippen LogP contribution in [0, 0.1) is 0 Å². The molecule has 0 radical (unpaired) electrons. The van der Waals surface area contributed by atoms with Crippen LogP contribution in [-0.2, 0) is 4.79 Å². The van der Waals surface area contributed by atoms with Gasteiger partial charge in [0, 0.05) is 18.3 Å². The summed E-state index contributed by atoms with van der Waals surface area (Å²) in [5, 5.41) is 2.80. The Morgan fingerprint density at radius 1 is 1.44 bits per heavy atom. The van der Waals surface area contributed by atoms with E-state index in [9.17, 15) is 4.79 Å². The summed E-state index contributed by atoms with van der Waals surface area (Å²) in [7, 11) is 4.01. The number of carbonyl (C=O) groups excluding carboxylic acids is 1. The number of nitrogens with one attached hydrogen (secondary N) is 1. The predicted octanol–water partition coefficient (Wildman–Crippen LogP) is 0.716. The monoisotopic (exact) mass is 251 g/mol. The lowest BCUT2D eigenvalue weighted by Crippen LogP contribution is -2.31. The van der Waals surface area contributed by atoms with Crippen molar-refractivity contribution in [2.75, 3.05) is 39.5 Å². The van der Waals surface area contributed by atoms with Crippen molar-refractivity contribution in [3.8, 4) is 5.75 Å². The minimum Gasteiger partial charge on any atom is -0.484 e. The quantitative estimate of drug-likeness (QED) is 0.553. The molecule has 5 nitrogen and oxygen atoms in total. The molecule has 0 saturated carbocycles. The normalized spacial score (nSPS) is 10.4. The van der Waals surface area contributed by atoms with E-state index in [-0.39, 0.29) is 12.5 Å². The maximum Gasteiger partial charge on any atom is 0.257 e. The van der Waals surface area contributed by atoms with Gasteiger partial charge in [-0.3, -0.25) is 4.79 Å². The SMILES string of the molecule is CN(C)CCCNC(=O)COc1cccc(N)c1. The highest BCUT2D eigenvalue weighted by Gasteiger charge is 2.02. The molecule has 0 aromatic heterocycles. The fourth-order valence-electron chi connectivity index (χ4n) is 1.43. The van der Waals surface area contributed by atoms with E-state index >= 15 is 0 Å². The number of nitrogen functional groups attached to an aromatic ring is 1. The number of amides is 1. The van der Waals surface area contributed by atoms with Crippen LogP contribution in [0.2, 0.25) is 0 Å². The Kier molecular flexibility index (Phi) is 6.00. The molecule has 1 rings (SSSR count). The third-order valence-corrected chi connectivity index (χ3v) is 2.33. The van der Waals surface area contributed by atoms with Gasteiger partial charge >= 0.3 is 0 Å². The van der Waals surface area contributed by atoms with Gasteiger partial charge in [-0.25, -0.2) is 0 Å². The van der Waals surface area contributed by atoms with Crippen molar-refractivity contribution < 1.29 is 9.53 Å². The molecule has 0 saturated heterocycles. The molecule has 0 heterocycles. The van der Waals surface area contributed by atoms with Crippen molar-refractivity contribution in [2.24, 2.45) is 0 Å². The third kappa shape index (κ3) is 6.10. The van der Waals surface area contributed by atoms with Gasteiger partial charge in [0.25, 0.3) is 5.91 Å². The molecular formula is C13H21N3O2. The lowest BCUT2D eigenvalue weighted by molar-refractivity contribution is -0.123. The summed E-state index contributed by atoms with van der Waals surface area (Å²) in [6.45, 7) is 1.64. The number of hydrogen-bond donors (Lipinski definition) is 2. The molecule has 1 amide bonds. The van der Waals surface area contributed by atoms with Crippen molar-refractivity contribution in [3.63, 3.8) is 0 Å².